The Morgan fingerprint density at radius 1 is 1.24 bits per heavy atom. The van der Waals surface area contributed by atoms with Crippen LogP contribution >= 0.6 is 22.6 Å². The van der Waals surface area contributed by atoms with E-state index in [2.05, 4.69) is 32.9 Å². The van der Waals surface area contributed by atoms with Gasteiger partial charge in [0.05, 0.1) is 0 Å². The number of aryl methyl sites for hydroxylation is 1. The molecule has 2 aromatic rings. The number of hydrogen-bond acceptors (Lipinski definition) is 2. The lowest BCUT2D eigenvalue weighted by atomic mass is 10.2. The van der Waals surface area contributed by atoms with Gasteiger partial charge in [-0.3, -0.25) is 4.79 Å². The molecule has 1 aromatic heterocycles. The zero-order valence-corrected chi connectivity index (χ0v) is 11.4. The summed E-state index contributed by atoms with van der Waals surface area (Å²) >= 11 is 2.20. The van der Waals surface area contributed by atoms with Crippen molar-refractivity contribution in [2.75, 3.05) is 5.32 Å². The molecule has 0 aliphatic rings. The minimum absolute atomic E-state index is 0.139. The SMILES string of the molecule is Cc1ccnc(NC(=O)c2ccc(I)cc2)c1. The van der Waals surface area contributed by atoms with Crippen molar-refractivity contribution in [1.29, 1.82) is 0 Å². The van der Waals surface area contributed by atoms with Crippen molar-refractivity contribution in [3.63, 3.8) is 0 Å². The van der Waals surface area contributed by atoms with Crippen LogP contribution in [0.15, 0.2) is 42.6 Å². The Morgan fingerprint density at radius 3 is 2.59 bits per heavy atom. The van der Waals surface area contributed by atoms with Crippen molar-refractivity contribution in [3.8, 4) is 0 Å². The summed E-state index contributed by atoms with van der Waals surface area (Å²) in [5.74, 6) is 0.438. The van der Waals surface area contributed by atoms with Gasteiger partial charge >= 0.3 is 0 Å². The Kier molecular flexibility index (Phi) is 3.73. The third-order valence-corrected chi connectivity index (χ3v) is 2.98. The first kappa shape index (κ1) is 12.0. The highest BCUT2D eigenvalue weighted by Crippen LogP contribution is 2.10. The van der Waals surface area contributed by atoms with E-state index in [1.807, 2.05) is 31.2 Å². The van der Waals surface area contributed by atoms with Crippen LogP contribution in [0.25, 0.3) is 0 Å². The van der Waals surface area contributed by atoms with Crippen molar-refractivity contribution in [1.82, 2.24) is 4.98 Å². The molecule has 4 heteroatoms. The molecule has 17 heavy (non-hydrogen) atoms. The second kappa shape index (κ2) is 5.27. The third kappa shape index (κ3) is 3.26. The maximum absolute atomic E-state index is 11.9. The molecule has 0 fully saturated rings. The van der Waals surface area contributed by atoms with Crippen LogP contribution in [-0.2, 0) is 0 Å². The first-order valence-electron chi connectivity index (χ1n) is 5.15. The van der Waals surface area contributed by atoms with Crippen molar-refractivity contribution in [3.05, 3.63) is 57.3 Å². The van der Waals surface area contributed by atoms with E-state index >= 15 is 0 Å². The van der Waals surface area contributed by atoms with Crippen molar-refractivity contribution < 1.29 is 4.79 Å². The predicted molar refractivity (Wildman–Crippen MR) is 76.1 cm³/mol. The van der Waals surface area contributed by atoms with Crippen molar-refractivity contribution in [2.24, 2.45) is 0 Å². The standard InChI is InChI=1S/C13H11IN2O/c1-9-6-7-15-12(8-9)16-13(17)10-2-4-11(14)5-3-10/h2-8H,1H3,(H,15,16,17). The van der Waals surface area contributed by atoms with E-state index in [-0.39, 0.29) is 5.91 Å². The molecular weight excluding hydrogens is 327 g/mol. The van der Waals surface area contributed by atoms with E-state index in [1.165, 1.54) is 0 Å². The van der Waals surface area contributed by atoms with Crippen LogP contribution in [0.1, 0.15) is 15.9 Å². The molecular formula is C13H11IN2O. The number of nitrogens with one attached hydrogen (secondary N) is 1. The van der Waals surface area contributed by atoms with Crippen LogP contribution in [-0.4, -0.2) is 10.9 Å². The molecule has 0 aliphatic carbocycles. The van der Waals surface area contributed by atoms with Gasteiger partial charge in [0.2, 0.25) is 0 Å². The fourth-order valence-corrected chi connectivity index (χ4v) is 1.75. The van der Waals surface area contributed by atoms with E-state index < -0.39 is 0 Å². The number of benzene rings is 1. The molecule has 1 amide bonds. The second-order valence-corrected chi connectivity index (χ2v) is 4.93. The molecule has 0 bridgehead atoms. The van der Waals surface area contributed by atoms with Gasteiger partial charge in [-0.25, -0.2) is 4.98 Å². The Bertz CT molecular complexity index is 537. The summed E-state index contributed by atoms with van der Waals surface area (Å²) in [5.41, 5.74) is 1.70. The fourth-order valence-electron chi connectivity index (χ4n) is 1.39. The third-order valence-electron chi connectivity index (χ3n) is 2.26. The van der Waals surface area contributed by atoms with Gasteiger partial charge in [-0.2, -0.15) is 0 Å². The Hall–Kier alpha value is -1.43. The van der Waals surface area contributed by atoms with Crippen LogP contribution in [0, 0.1) is 10.5 Å². The van der Waals surface area contributed by atoms with E-state index in [0.717, 1.165) is 9.13 Å². The smallest absolute Gasteiger partial charge is 0.256 e. The van der Waals surface area contributed by atoms with Gasteiger partial charge in [-0.15, -0.1) is 0 Å². The Morgan fingerprint density at radius 2 is 1.94 bits per heavy atom. The molecule has 0 unspecified atom stereocenters. The predicted octanol–water partition coefficient (Wildman–Crippen LogP) is 3.25. The largest absolute Gasteiger partial charge is 0.307 e. The lowest BCUT2D eigenvalue weighted by Crippen LogP contribution is -2.12. The van der Waals surface area contributed by atoms with Gasteiger partial charge in [-0.1, -0.05) is 0 Å². The minimum Gasteiger partial charge on any atom is -0.307 e. The zero-order valence-electron chi connectivity index (χ0n) is 9.27. The zero-order chi connectivity index (χ0) is 12.3. The number of pyridine rings is 1. The topological polar surface area (TPSA) is 42.0 Å². The number of halogens is 1. The van der Waals surface area contributed by atoms with E-state index in [9.17, 15) is 4.79 Å². The molecule has 1 N–H and O–H groups in total. The Labute approximate surface area is 113 Å². The normalized spacial score (nSPS) is 10.0. The van der Waals surface area contributed by atoms with Gasteiger partial charge in [0.1, 0.15) is 5.82 Å². The van der Waals surface area contributed by atoms with Crippen LogP contribution in [0.4, 0.5) is 5.82 Å². The molecule has 0 radical (unpaired) electrons. The molecule has 0 aliphatic heterocycles. The van der Waals surface area contributed by atoms with Gasteiger partial charge < -0.3 is 5.32 Å². The van der Waals surface area contributed by atoms with E-state index in [4.69, 9.17) is 0 Å². The molecule has 1 aromatic carbocycles. The summed E-state index contributed by atoms with van der Waals surface area (Å²) in [5, 5.41) is 2.77. The summed E-state index contributed by atoms with van der Waals surface area (Å²) in [7, 11) is 0. The number of carbonyl (C=O) groups excluding carboxylic acids is 1. The number of rotatable bonds is 2. The summed E-state index contributed by atoms with van der Waals surface area (Å²) in [6, 6.07) is 11.1. The highest BCUT2D eigenvalue weighted by Gasteiger charge is 2.06. The maximum Gasteiger partial charge on any atom is 0.256 e. The van der Waals surface area contributed by atoms with Gasteiger partial charge in [0.25, 0.3) is 5.91 Å². The van der Waals surface area contributed by atoms with Crippen LogP contribution in [0.3, 0.4) is 0 Å². The molecule has 0 atom stereocenters. The van der Waals surface area contributed by atoms with E-state index in [0.29, 0.717) is 11.4 Å². The summed E-state index contributed by atoms with van der Waals surface area (Å²) < 4.78 is 1.10. The fraction of sp³-hybridized carbons (Fsp3) is 0.0769. The molecule has 0 saturated heterocycles. The highest BCUT2D eigenvalue weighted by molar-refractivity contribution is 14.1. The van der Waals surface area contributed by atoms with Gasteiger partial charge in [-0.05, 0) is 71.5 Å². The number of hydrogen-bond donors (Lipinski definition) is 1. The van der Waals surface area contributed by atoms with Crippen LogP contribution in [0.5, 0.6) is 0 Å². The number of anilines is 1. The second-order valence-electron chi connectivity index (χ2n) is 3.68. The first-order chi connectivity index (χ1) is 8.15. The first-order valence-corrected chi connectivity index (χ1v) is 6.22. The number of amides is 1. The summed E-state index contributed by atoms with van der Waals surface area (Å²) in [6.45, 7) is 1.96. The Balaban J connectivity index is 2.14. The van der Waals surface area contributed by atoms with Crippen molar-refractivity contribution >= 4 is 34.3 Å². The number of nitrogens with zero attached hydrogens (tertiary/aromatic N) is 1. The molecule has 0 spiro atoms. The quantitative estimate of drug-likeness (QED) is 0.854. The highest BCUT2D eigenvalue weighted by atomic mass is 127. The van der Waals surface area contributed by atoms with Crippen molar-refractivity contribution in [2.45, 2.75) is 6.92 Å². The molecule has 1 heterocycles. The average Bonchev–Trinajstić information content (AvgIpc) is 2.29. The lowest BCUT2D eigenvalue weighted by Gasteiger charge is -2.04. The summed E-state index contributed by atoms with van der Waals surface area (Å²) in [6.07, 6.45) is 1.68. The van der Waals surface area contributed by atoms with Crippen LogP contribution in [0.2, 0.25) is 0 Å². The molecule has 0 saturated carbocycles. The maximum atomic E-state index is 11.9. The van der Waals surface area contributed by atoms with Crippen LogP contribution < -0.4 is 5.32 Å². The summed E-state index contributed by atoms with van der Waals surface area (Å²) in [4.78, 5) is 16.0. The van der Waals surface area contributed by atoms with Gasteiger partial charge in [0.15, 0.2) is 0 Å². The minimum atomic E-state index is -0.139. The molecule has 86 valence electrons. The van der Waals surface area contributed by atoms with Gasteiger partial charge in [0, 0.05) is 15.3 Å². The monoisotopic (exact) mass is 338 g/mol. The number of aromatic nitrogens is 1. The number of carbonyl (C=O) groups is 1. The molecule has 3 nitrogen and oxygen atoms in total. The average molecular weight is 338 g/mol. The van der Waals surface area contributed by atoms with E-state index in [1.54, 1.807) is 18.3 Å². The lowest BCUT2D eigenvalue weighted by molar-refractivity contribution is 0.102. The molecule has 2 rings (SSSR count).